The van der Waals surface area contributed by atoms with E-state index in [9.17, 15) is 0 Å². The lowest BCUT2D eigenvalue weighted by Crippen LogP contribution is -2.51. The molecule has 0 aliphatic carbocycles. The van der Waals surface area contributed by atoms with Crippen molar-refractivity contribution in [3.8, 4) is 5.75 Å². The van der Waals surface area contributed by atoms with Crippen molar-refractivity contribution < 1.29 is 14.2 Å². The van der Waals surface area contributed by atoms with Gasteiger partial charge in [-0.2, -0.15) is 0 Å². The number of fused-ring (bicyclic) bond motifs is 1. The van der Waals surface area contributed by atoms with Gasteiger partial charge in [0.15, 0.2) is 0 Å². The fourth-order valence-corrected chi connectivity index (χ4v) is 5.10. The van der Waals surface area contributed by atoms with Gasteiger partial charge in [-0.25, -0.2) is 0 Å². The molecule has 1 N–H and O–H groups in total. The summed E-state index contributed by atoms with van der Waals surface area (Å²) in [6, 6.07) is 23.9. The Balaban J connectivity index is 1.50. The average Bonchev–Trinajstić information content (AvgIpc) is 2.86. The molecule has 0 spiro atoms. The predicted octanol–water partition coefficient (Wildman–Crippen LogP) is 8.73. The second-order valence-corrected chi connectivity index (χ2v) is 13.3. The van der Waals surface area contributed by atoms with Crippen molar-refractivity contribution in [2.24, 2.45) is 0 Å². The number of benzene rings is 3. The number of nitrogens with one attached hydrogen (secondary N) is 1. The third-order valence-corrected chi connectivity index (χ3v) is 7.56. The molecule has 0 saturated heterocycles. The van der Waals surface area contributed by atoms with Crippen LogP contribution in [0, 0.1) is 0 Å². The molecular formula is C35H47NO3. The third kappa shape index (κ3) is 7.04. The van der Waals surface area contributed by atoms with Crippen LogP contribution in [0.1, 0.15) is 96.2 Å². The zero-order valence-electron chi connectivity index (χ0n) is 25.4. The van der Waals surface area contributed by atoms with Crippen molar-refractivity contribution >= 4 is 5.69 Å². The van der Waals surface area contributed by atoms with E-state index in [2.05, 4.69) is 127 Å². The minimum atomic E-state index is -0.540. The first-order valence-electron chi connectivity index (χ1n) is 14.3. The molecule has 0 fully saturated rings. The Morgan fingerprint density at radius 3 is 1.87 bits per heavy atom. The summed E-state index contributed by atoms with van der Waals surface area (Å²) in [5.74, 6) is 0.855. The van der Waals surface area contributed by atoms with Crippen molar-refractivity contribution in [2.45, 2.75) is 104 Å². The second kappa shape index (κ2) is 11.3. The van der Waals surface area contributed by atoms with Crippen molar-refractivity contribution in [2.75, 3.05) is 11.9 Å². The summed E-state index contributed by atoms with van der Waals surface area (Å²) in [6.07, 6.45) is -0.483. The molecule has 4 rings (SSSR count). The van der Waals surface area contributed by atoms with Crippen LogP contribution < -0.4 is 10.1 Å². The van der Waals surface area contributed by atoms with Gasteiger partial charge >= 0.3 is 0 Å². The first-order valence-corrected chi connectivity index (χ1v) is 14.3. The number of rotatable bonds is 8. The third-order valence-electron chi connectivity index (χ3n) is 7.56. The summed E-state index contributed by atoms with van der Waals surface area (Å²) < 4.78 is 19.4. The van der Waals surface area contributed by atoms with Crippen LogP contribution in [-0.4, -0.2) is 18.3 Å². The first kappa shape index (κ1) is 29.2. The molecule has 39 heavy (non-hydrogen) atoms. The van der Waals surface area contributed by atoms with Crippen molar-refractivity contribution in [3.63, 3.8) is 0 Å². The molecule has 0 saturated carbocycles. The molecule has 2 atom stereocenters. The summed E-state index contributed by atoms with van der Waals surface area (Å²) >= 11 is 0. The lowest BCUT2D eigenvalue weighted by molar-refractivity contribution is -0.165. The highest BCUT2D eigenvalue weighted by Crippen LogP contribution is 2.44. The zero-order chi connectivity index (χ0) is 28.4. The van der Waals surface area contributed by atoms with Crippen LogP contribution in [0.3, 0.4) is 0 Å². The first-order chi connectivity index (χ1) is 18.3. The van der Waals surface area contributed by atoms with Crippen molar-refractivity contribution in [3.05, 3.63) is 94.5 Å². The maximum absolute atomic E-state index is 6.57. The van der Waals surface area contributed by atoms with Crippen molar-refractivity contribution in [1.29, 1.82) is 0 Å². The Labute approximate surface area is 236 Å². The predicted molar refractivity (Wildman–Crippen MR) is 162 cm³/mol. The largest absolute Gasteiger partial charge is 0.485 e. The molecular weight excluding hydrogens is 482 g/mol. The lowest BCUT2D eigenvalue weighted by atomic mass is 9.86. The fraction of sp³-hybridized carbons (Fsp3) is 0.486. The molecule has 1 aliphatic heterocycles. The van der Waals surface area contributed by atoms with Crippen LogP contribution in [-0.2, 0) is 33.5 Å². The van der Waals surface area contributed by atoms with E-state index in [1.807, 2.05) is 6.92 Å². The van der Waals surface area contributed by atoms with E-state index in [-0.39, 0.29) is 23.0 Å². The SMILES string of the molecule is CCOC1c2cc(NCc3ccc(C(C)(C)C)cc3)ccc2OC(C)(C)C1OCc1ccc(C(C)(C)C)cc1. The highest BCUT2D eigenvalue weighted by molar-refractivity contribution is 5.54. The van der Waals surface area contributed by atoms with E-state index in [1.165, 1.54) is 16.7 Å². The Morgan fingerprint density at radius 1 is 0.769 bits per heavy atom. The Bertz CT molecular complexity index is 1230. The average molecular weight is 530 g/mol. The zero-order valence-corrected chi connectivity index (χ0v) is 25.4. The number of hydrogen-bond donors (Lipinski definition) is 1. The van der Waals surface area contributed by atoms with Crippen LogP contribution in [0.4, 0.5) is 5.69 Å². The summed E-state index contributed by atoms with van der Waals surface area (Å²) in [7, 11) is 0. The van der Waals surface area contributed by atoms with Crippen LogP contribution >= 0.6 is 0 Å². The standard InChI is InChI=1S/C35H47NO3/c1-10-37-31-29-21-28(36-22-24-11-15-26(16-12-24)33(2,3)4)19-20-30(29)39-35(8,9)32(31)38-23-25-13-17-27(18-14-25)34(5,6)7/h11-21,31-32,36H,10,22-23H2,1-9H3. The monoisotopic (exact) mass is 529 g/mol. The van der Waals surface area contributed by atoms with E-state index >= 15 is 0 Å². The Kier molecular flexibility index (Phi) is 8.49. The molecule has 0 radical (unpaired) electrons. The lowest BCUT2D eigenvalue weighted by Gasteiger charge is -2.44. The van der Waals surface area contributed by atoms with Crippen LogP contribution in [0.15, 0.2) is 66.7 Å². The van der Waals surface area contributed by atoms with Gasteiger partial charge < -0.3 is 19.5 Å². The van der Waals surface area contributed by atoms with Crippen LogP contribution in [0.25, 0.3) is 0 Å². The minimum Gasteiger partial charge on any atom is -0.485 e. The van der Waals surface area contributed by atoms with Gasteiger partial charge in [-0.15, -0.1) is 0 Å². The molecule has 0 amide bonds. The fourth-order valence-electron chi connectivity index (χ4n) is 5.10. The number of anilines is 1. The number of ether oxygens (including phenoxy) is 3. The molecule has 0 bridgehead atoms. The molecule has 2 unspecified atom stereocenters. The maximum atomic E-state index is 6.57. The van der Waals surface area contributed by atoms with Gasteiger partial charge in [0, 0.05) is 24.4 Å². The van der Waals surface area contributed by atoms with Gasteiger partial charge in [0.2, 0.25) is 0 Å². The van der Waals surface area contributed by atoms with E-state index in [4.69, 9.17) is 14.2 Å². The van der Waals surface area contributed by atoms with Crippen LogP contribution in [0.2, 0.25) is 0 Å². The molecule has 210 valence electrons. The second-order valence-electron chi connectivity index (χ2n) is 13.3. The highest BCUT2D eigenvalue weighted by atomic mass is 16.6. The van der Waals surface area contributed by atoms with Gasteiger partial charge in [0.25, 0.3) is 0 Å². The van der Waals surface area contributed by atoms with E-state index in [0.717, 1.165) is 29.1 Å². The molecule has 0 aromatic heterocycles. The summed E-state index contributed by atoms with van der Waals surface area (Å²) in [4.78, 5) is 0. The maximum Gasteiger partial charge on any atom is 0.132 e. The van der Waals surface area contributed by atoms with Gasteiger partial charge in [0.1, 0.15) is 23.6 Å². The minimum absolute atomic E-state index is 0.129. The topological polar surface area (TPSA) is 39.7 Å². The normalized spacial score (nSPS) is 18.8. The van der Waals surface area contributed by atoms with Gasteiger partial charge in [-0.05, 0) is 72.1 Å². The Hall–Kier alpha value is -2.82. The van der Waals surface area contributed by atoms with Crippen molar-refractivity contribution in [1.82, 2.24) is 0 Å². The smallest absolute Gasteiger partial charge is 0.132 e. The molecule has 3 aromatic carbocycles. The van der Waals surface area contributed by atoms with E-state index in [1.54, 1.807) is 0 Å². The van der Waals surface area contributed by atoms with Gasteiger partial charge in [-0.1, -0.05) is 90.1 Å². The molecule has 4 heteroatoms. The summed E-state index contributed by atoms with van der Waals surface area (Å²) in [5, 5.41) is 3.59. The Morgan fingerprint density at radius 2 is 1.33 bits per heavy atom. The molecule has 1 aliphatic rings. The molecule has 1 heterocycles. The quantitative estimate of drug-likeness (QED) is 0.317. The molecule has 3 aromatic rings. The highest BCUT2D eigenvalue weighted by Gasteiger charge is 2.45. The van der Waals surface area contributed by atoms with E-state index in [0.29, 0.717) is 13.2 Å². The van der Waals surface area contributed by atoms with E-state index < -0.39 is 5.60 Å². The van der Waals surface area contributed by atoms with Gasteiger partial charge in [-0.3, -0.25) is 0 Å². The molecule has 4 nitrogen and oxygen atoms in total. The van der Waals surface area contributed by atoms with Gasteiger partial charge in [0.05, 0.1) is 6.61 Å². The summed E-state index contributed by atoms with van der Waals surface area (Å²) in [6.45, 7) is 21.5. The number of hydrogen-bond acceptors (Lipinski definition) is 4. The van der Waals surface area contributed by atoms with Crippen LogP contribution in [0.5, 0.6) is 5.75 Å². The summed E-state index contributed by atoms with van der Waals surface area (Å²) in [5.41, 5.74) is 6.86.